The van der Waals surface area contributed by atoms with Gasteiger partial charge in [-0.25, -0.2) is 9.59 Å². The van der Waals surface area contributed by atoms with Crippen molar-refractivity contribution in [3.8, 4) is 0 Å². The molecule has 8 nitrogen and oxygen atoms in total. The molecule has 0 unspecified atom stereocenters. The topological polar surface area (TPSA) is 111 Å². The maximum atomic E-state index is 13.0. The first-order valence-electron chi connectivity index (χ1n) is 11.7. The predicted octanol–water partition coefficient (Wildman–Crippen LogP) is 3.58. The lowest BCUT2D eigenvalue weighted by Gasteiger charge is -2.19. The third-order valence-electron chi connectivity index (χ3n) is 5.30. The Balaban J connectivity index is 1.97. The Labute approximate surface area is 206 Å². The van der Waals surface area contributed by atoms with Crippen molar-refractivity contribution >= 4 is 23.8 Å². The fraction of sp³-hybridized carbons (Fsp3) is 0.407. The summed E-state index contributed by atoms with van der Waals surface area (Å²) >= 11 is 0. The number of nitrogens with one attached hydrogen (secondary N) is 2. The number of benzene rings is 2. The third-order valence-corrected chi connectivity index (χ3v) is 5.30. The lowest BCUT2D eigenvalue weighted by molar-refractivity contribution is -0.145. The number of hydrogen-bond donors (Lipinski definition) is 2. The van der Waals surface area contributed by atoms with Crippen molar-refractivity contribution in [2.75, 3.05) is 7.11 Å². The molecule has 2 atom stereocenters. The van der Waals surface area contributed by atoms with Crippen LogP contribution in [-0.2, 0) is 36.9 Å². The van der Waals surface area contributed by atoms with Gasteiger partial charge in [-0.05, 0) is 29.9 Å². The summed E-state index contributed by atoms with van der Waals surface area (Å²) in [7, 11) is 1.27. The van der Waals surface area contributed by atoms with Gasteiger partial charge in [-0.15, -0.1) is 0 Å². The number of methoxy groups -OCH3 is 1. The number of amides is 2. The van der Waals surface area contributed by atoms with E-state index in [0.29, 0.717) is 6.42 Å². The van der Waals surface area contributed by atoms with Crippen LogP contribution in [0.15, 0.2) is 60.7 Å². The zero-order chi connectivity index (χ0) is 25.6. The zero-order valence-electron chi connectivity index (χ0n) is 20.5. The molecule has 2 aromatic carbocycles. The Morgan fingerprint density at radius 2 is 1.40 bits per heavy atom. The second-order valence-electron chi connectivity index (χ2n) is 8.69. The van der Waals surface area contributed by atoms with Gasteiger partial charge in [0.05, 0.1) is 13.2 Å². The maximum Gasteiger partial charge on any atom is 0.408 e. The van der Waals surface area contributed by atoms with Crippen molar-refractivity contribution in [2.24, 2.45) is 5.92 Å². The number of alkyl carbamates (subject to hydrolysis) is 1. The van der Waals surface area contributed by atoms with Gasteiger partial charge in [0, 0.05) is 12.8 Å². The summed E-state index contributed by atoms with van der Waals surface area (Å²) in [5, 5.41) is 5.28. The summed E-state index contributed by atoms with van der Waals surface area (Å²) in [5.41, 5.74) is 1.69. The van der Waals surface area contributed by atoms with Gasteiger partial charge in [-0.1, -0.05) is 74.5 Å². The zero-order valence-corrected chi connectivity index (χ0v) is 20.5. The molecule has 0 fully saturated rings. The molecule has 0 aromatic heterocycles. The first kappa shape index (κ1) is 27.6. The van der Waals surface area contributed by atoms with Crippen LogP contribution in [0.5, 0.6) is 0 Å². The molecule has 0 radical (unpaired) electrons. The Kier molecular flexibility index (Phi) is 11.5. The number of ketones is 1. The molecule has 2 N–H and O–H groups in total. The largest absolute Gasteiger partial charge is 0.467 e. The van der Waals surface area contributed by atoms with E-state index in [-0.39, 0.29) is 37.6 Å². The van der Waals surface area contributed by atoms with E-state index in [2.05, 4.69) is 10.6 Å². The lowest BCUT2D eigenvalue weighted by atomic mass is 9.99. The minimum atomic E-state index is -0.861. The number of Topliss-reactive ketones (excluding diaryl/α,β-unsaturated/α-hetero) is 1. The highest BCUT2D eigenvalue weighted by molar-refractivity contribution is 5.91. The van der Waals surface area contributed by atoms with Gasteiger partial charge in [0.25, 0.3) is 0 Å². The Morgan fingerprint density at radius 3 is 1.97 bits per heavy atom. The van der Waals surface area contributed by atoms with Gasteiger partial charge in [0.2, 0.25) is 5.91 Å². The second-order valence-corrected chi connectivity index (χ2v) is 8.69. The minimum absolute atomic E-state index is 0.0755. The summed E-state index contributed by atoms with van der Waals surface area (Å²) in [4.78, 5) is 49.8. The number of ether oxygens (including phenoxy) is 2. The number of carbonyl (C=O) groups excluding carboxylic acids is 4. The molecule has 2 aromatic rings. The molecule has 0 saturated carbocycles. The van der Waals surface area contributed by atoms with Crippen LogP contribution in [0.1, 0.15) is 44.2 Å². The van der Waals surface area contributed by atoms with Crippen molar-refractivity contribution in [3.63, 3.8) is 0 Å². The van der Waals surface area contributed by atoms with Crippen LogP contribution in [0.2, 0.25) is 0 Å². The van der Waals surface area contributed by atoms with Gasteiger partial charge < -0.3 is 20.1 Å². The SMILES string of the molecule is COC(=O)[C@H](CC(C)C)NC(=O)CCC(=O)[C@H](Cc1ccccc1)NC(=O)OCc1ccccc1. The van der Waals surface area contributed by atoms with Crippen molar-refractivity contribution in [1.29, 1.82) is 0 Å². The molecule has 0 heterocycles. The highest BCUT2D eigenvalue weighted by atomic mass is 16.5. The second kappa shape index (κ2) is 14.6. The van der Waals surface area contributed by atoms with E-state index in [1.165, 1.54) is 7.11 Å². The molecule has 2 amide bonds. The Hall–Kier alpha value is -3.68. The van der Waals surface area contributed by atoms with Crippen molar-refractivity contribution in [2.45, 2.75) is 58.2 Å². The summed E-state index contributed by atoms with van der Waals surface area (Å²) < 4.78 is 10.0. The summed E-state index contributed by atoms with van der Waals surface area (Å²) in [6.45, 7) is 3.94. The molecular formula is C27H34N2O6. The number of carbonyl (C=O) groups is 4. The van der Waals surface area contributed by atoms with E-state index < -0.39 is 30.1 Å². The molecule has 0 aliphatic carbocycles. The minimum Gasteiger partial charge on any atom is -0.467 e. The Bertz CT molecular complexity index is 962. The van der Waals surface area contributed by atoms with Gasteiger partial charge in [0.1, 0.15) is 12.6 Å². The summed E-state index contributed by atoms with van der Waals surface area (Å²) in [6, 6.07) is 16.9. The van der Waals surface area contributed by atoms with E-state index in [9.17, 15) is 19.2 Å². The molecular weight excluding hydrogens is 448 g/mol. The fourth-order valence-corrected chi connectivity index (χ4v) is 3.51. The van der Waals surface area contributed by atoms with Crippen LogP contribution in [0.4, 0.5) is 4.79 Å². The summed E-state index contributed by atoms with van der Waals surface area (Å²) in [6.07, 6.45) is -0.235. The highest BCUT2D eigenvalue weighted by Gasteiger charge is 2.25. The first-order chi connectivity index (χ1) is 16.8. The van der Waals surface area contributed by atoms with E-state index in [1.807, 2.05) is 74.5 Å². The van der Waals surface area contributed by atoms with Crippen molar-refractivity contribution in [3.05, 3.63) is 71.8 Å². The third kappa shape index (κ3) is 10.4. The van der Waals surface area contributed by atoms with Crippen LogP contribution in [0, 0.1) is 5.92 Å². The smallest absolute Gasteiger partial charge is 0.408 e. The highest BCUT2D eigenvalue weighted by Crippen LogP contribution is 2.10. The monoisotopic (exact) mass is 482 g/mol. The molecule has 0 aliphatic rings. The molecule has 8 heteroatoms. The molecule has 188 valence electrons. The summed E-state index contributed by atoms with van der Waals surface area (Å²) in [5.74, 6) is -1.09. The van der Waals surface area contributed by atoms with Gasteiger partial charge >= 0.3 is 12.1 Å². The van der Waals surface area contributed by atoms with E-state index in [1.54, 1.807) is 0 Å². The first-order valence-corrected chi connectivity index (χ1v) is 11.7. The molecule has 0 spiro atoms. The normalized spacial score (nSPS) is 12.3. The van der Waals surface area contributed by atoms with Crippen LogP contribution >= 0.6 is 0 Å². The maximum absolute atomic E-state index is 13.0. The molecule has 0 bridgehead atoms. The van der Waals surface area contributed by atoms with Crippen LogP contribution in [0.25, 0.3) is 0 Å². The van der Waals surface area contributed by atoms with E-state index in [4.69, 9.17) is 9.47 Å². The molecule has 35 heavy (non-hydrogen) atoms. The van der Waals surface area contributed by atoms with E-state index >= 15 is 0 Å². The fourth-order valence-electron chi connectivity index (χ4n) is 3.51. The number of rotatable bonds is 13. The van der Waals surface area contributed by atoms with Gasteiger partial charge in [-0.2, -0.15) is 0 Å². The number of hydrogen-bond acceptors (Lipinski definition) is 6. The van der Waals surface area contributed by atoms with Crippen LogP contribution in [0.3, 0.4) is 0 Å². The molecule has 0 aliphatic heterocycles. The molecule has 0 saturated heterocycles. The lowest BCUT2D eigenvalue weighted by Crippen LogP contribution is -2.44. The van der Waals surface area contributed by atoms with E-state index in [0.717, 1.165) is 11.1 Å². The van der Waals surface area contributed by atoms with Gasteiger partial charge in [0.15, 0.2) is 5.78 Å². The predicted molar refractivity (Wildman–Crippen MR) is 131 cm³/mol. The van der Waals surface area contributed by atoms with Gasteiger partial charge in [-0.3, -0.25) is 9.59 Å². The quantitative estimate of drug-likeness (QED) is 0.422. The Morgan fingerprint density at radius 1 is 0.800 bits per heavy atom. The van der Waals surface area contributed by atoms with Crippen molar-refractivity contribution in [1.82, 2.24) is 10.6 Å². The standard InChI is InChI=1S/C27H34N2O6/c1-19(2)16-23(26(32)34-3)28-25(31)15-14-24(30)22(17-20-10-6-4-7-11-20)29-27(33)35-18-21-12-8-5-9-13-21/h4-13,19,22-23H,14-18H2,1-3H3,(H,28,31)(H,29,33)/t22-,23-/m0/s1. The molecule has 2 rings (SSSR count). The average molecular weight is 483 g/mol. The average Bonchev–Trinajstić information content (AvgIpc) is 2.85. The number of esters is 1. The van der Waals surface area contributed by atoms with Crippen LogP contribution in [-0.4, -0.2) is 42.9 Å². The van der Waals surface area contributed by atoms with Crippen molar-refractivity contribution < 1.29 is 28.7 Å². The van der Waals surface area contributed by atoms with Crippen LogP contribution < -0.4 is 10.6 Å².